The molecule has 0 aliphatic heterocycles. The lowest BCUT2D eigenvalue weighted by Crippen LogP contribution is -2.12. The fourth-order valence-electron chi connectivity index (χ4n) is 1.73. The fourth-order valence-corrected chi connectivity index (χ4v) is 1.99. The van der Waals surface area contributed by atoms with Crippen LogP contribution in [0.2, 0.25) is 0 Å². The van der Waals surface area contributed by atoms with E-state index in [4.69, 9.17) is 4.42 Å². The minimum Gasteiger partial charge on any atom is -0.412 e. The van der Waals surface area contributed by atoms with Crippen molar-refractivity contribution in [2.45, 2.75) is 0 Å². The molecule has 0 saturated heterocycles. The molecule has 3 aromatic rings. The Balaban J connectivity index is 1.77. The van der Waals surface area contributed by atoms with Gasteiger partial charge in [0, 0.05) is 15.7 Å². The van der Waals surface area contributed by atoms with Crippen molar-refractivity contribution in [3.8, 4) is 11.5 Å². The Bertz CT molecular complexity index is 754. The van der Waals surface area contributed by atoms with Crippen molar-refractivity contribution >= 4 is 27.5 Å². The van der Waals surface area contributed by atoms with Gasteiger partial charge in [-0.25, -0.2) is 0 Å². The van der Waals surface area contributed by atoms with Crippen LogP contribution in [0.15, 0.2) is 63.5 Å². The van der Waals surface area contributed by atoms with E-state index in [1.807, 2.05) is 42.5 Å². The number of aromatic nitrogens is 2. The summed E-state index contributed by atoms with van der Waals surface area (Å²) in [6.45, 7) is 0. The molecule has 0 radical (unpaired) electrons. The Kier molecular flexibility index (Phi) is 3.79. The first-order chi connectivity index (χ1) is 10.2. The molecule has 1 heterocycles. The van der Waals surface area contributed by atoms with Crippen LogP contribution in [-0.4, -0.2) is 16.1 Å². The van der Waals surface area contributed by atoms with Gasteiger partial charge in [-0.1, -0.05) is 34.1 Å². The second kappa shape index (κ2) is 5.88. The van der Waals surface area contributed by atoms with E-state index in [-0.39, 0.29) is 5.89 Å². The van der Waals surface area contributed by atoms with Crippen LogP contribution >= 0.6 is 15.9 Å². The van der Waals surface area contributed by atoms with Crippen molar-refractivity contribution in [2.24, 2.45) is 0 Å². The van der Waals surface area contributed by atoms with Crippen molar-refractivity contribution < 1.29 is 9.21 Å². The van der Waals surface area contributed by atoms with Gasteiger partial charge in [0.05, 0.1) is 0 Å². The van der Waals surface area contributed by atoms with Crippen LogP contribution in [0.3, 0.4) is 0 Å². The third-order valence-electron chi connectivity index (χ3n) is 2.74. The Morgan fingerprint density at radius 1 is 1.00 bits per heavy atom. The predicted octanol–water partition coefficient (Wildman–Crippen LogP) is 3.75. The molecule has 1 N–H and O–H groups in total. The van der Waals surface area contributed by atoms with Gasteiger partial charge in [-0.15, -0.1) is 10.2 Å². The third-order valence-corrected chi connectivity index (χ3v) is 3.27. The first-order valence-corrected chi connectivity index (χ1v) is 6.97. The highest BCUT2D eigenvalue weighted by atomic mass is 79.9. The van der Waals surface area contributed by atoms with E-state index in [0.29, 0.717) is 11.6 Å². The van der Waals surface area contributed by atoms with Gasteiger partial charge in [-0.2, -0.15) is 0 Å². The van der Waals surface area contributed by atoms with Crippen LogP contribution in [0, 0.1) is 0 Å². The Morgan fingerprint density at radius 3 is 2.43 bits per heavy atom. The van der Waals surface area contributed by atoms with Gasteiger partial charge in [-0.3, -0.25) is 4.79 Å². The highest BCUT2D eigenvalue weighted by molar-refractivity contribution is 9.10. The van der Waals surface area contributed by atoms with Crippen LogP contribution in [0.5, 0.6) is 0 Å². The molecule has 1 amide bonds. The van der Waals surface area contributed by atoms with Gasteiger partial charge in [0.15, 0.2) is 0 Å². The SMILES string of the molecule is O=C(Nc1ccc(Br)cc1)c1nnc(-c2ccccc2)o1. The summed E-state index contributed by atoms with van der Waals surface area (Å²) in [6.07, 6.45) is 0. The van der Waals surface area contributed by atoms with Crippen LogP contribution < -0.4 is 5.32 Å². The number of anilines is 1. The summed E-state index contributed by atoms with van der Waals surface area (Å²) >= 11 is 3.33. The number of hydrogen-bond donors (Lipinski definition) is 1. The summed E-state index contributed by atoms with van der Waals surface area (Å²) < 4.78 is 6.32. The topological polar surface area (TPSA) is 68.0 Å². The molecule has 104 valence electrons. The van der Waals surface area contributed by atoms with E-state index in [9.17, 15) is 4.79 Å². The zero-order valence-electron chi connectivity index (χ0n) is 10.8. The quantitative estimate of drug-likeness (QED) is 0.786. The van der Waals surface area contributed by atoms with E-state index < -0.39 is 5.91 Å². The average Bonchev–Trinajstić information content (AvgIpc) is 3.00. The normalized spacial score (nSPS) is 10.3. The second-order valence-corrected chi connectivity index (χ2v) is 5.16. The summed E-state index contributed by atoms with van der Waals surface area (Å²) in [7, 11) is 0. The lowest BCUT2D eigenvalue weighted by atomic mass is 10.2. The number of nitrogens with one attached hydrogen (secondary N) is 1. The van der Waals surface area contributed by atoms with Crippen molar-refractivity contribution in [2.75, 3.05) is 5.32 Å². The highest BCUT2D eigenvalue weighted by Gasteiger charge is 2.15. The van der Waals surface area contributed by atoms with Gasteiger partial charge in [0.1, 0.15) is 0 Å². The summed E-state index contributed by atoms with van der Waals surface area (Å²) in [4.78, 5) is 12.0. The van der Waals surface area contributed by atoms with Gasteiger partial charge >= 0.3 is 11.8 Å². The number of halogens is 1. The van der Waals surface area contributed by atoms with E-state index in [1.165, 1.54) is 0 Å². The van der Waals surface area contributed by atoms with Gasteiger partial charge in [0.2, 0.25) is 5.89 Å². The van der Waals surface area contributed by atoms with Crippen LogP contribution in [-0.2, 0) is 0 Å². The lowest BCUT2D eigenvalue weighted by molar-refractivity contribution is 0.0991. The number of carbonyl (C=O) groups excluding carboxylic acids is 1. The molecule has 3 rings (SSSR count). The molecule has 1 aromatic heterocycles. The van der Waals surface area contributed by atoms with Gasteiger partial charge < -0.3 is 9.73 Å². The minimum absolute atomic E-state index is 0.0724. The number of nitrogens with zero attached hydrogens (tertiary/aromatic N) is 2. The molecule has 0 aliphatic carbocycles. The minimum atomic E-state index is -0.438. The maximum Gasteiger partial charge on any atom is 0.313 e. The fraction of sp³-hybridized carbons (Fsp3) is 0. The number of carbonyl (C=O) groups is 1. The molecule has 0 fully saturated rings. The molecule has 0 aliphatic rings. The monoisotopic (exact) mass is 343 g/mol. The lowest BCUT2D eigenvalue weighted by Gasteiger charge is -2.01. The maximum atomic E-state index is 12.0. The average molecular weight is 344 g/mol. The van der Waals surface area contributed by atoms with Gasteiger partial charge in [-0.05, 0) is 36.4 Å². The zero-order valence-corrected chi connectivity index (χ0v) is 12.4. The zero-order chi connectivity index (χ0) is 14.7. The Labute approximate surface area is 129 Å². The van der Waals surface area contributed by atoms with Crippen molar-refractivity contribution in [3.63, 3.8) is 0 Å². The molecule has 6 heteroatoms. The molecule has 2 aromatic carbocycles. The molecule has 5 nitrogen and oxygen atoms in total. The van der Waals surface area contributed by atoms with Crippen molar-refractivity contribution in [1.29, 1.82) is 0 Å². The van der Waals surface area contributed by atoms with Gasteiger partial charge in [0.25, 0.3) is 0 Å². The van der Waals surface area contributed by atoms with E-state index in [2.05, 4.69) is 31.4 Å². The molecular formula is C15H10BrN3O2. The number of hydrogen-bond acceptors (Lipinski definition) is 4. The first-order valence-electron chi connectivity index (χ1n) is 6.18. The molecule has 0 saturated carbocycles. The molecule has 0 bridgehead atoms. The molecule has 0 unspecified atom stereocenters. The van der Waals surface area contributed by atoms with Crippen LogP contribution in [0.4, 0.5) is 5.69 Å². The molecular weight excluding hydrogens is 334 g/mol. The third kappa shape index (κ3) is 3.17. The number of amides is 1. The number of benzene rings is 2. The predicted molar refractivity (Wildman–Crippen MR) is 81.8 cm³/mol. The summed E-state index contributed by atoms with van der Waals surface area (Å²) in [5, 5.41) is 10.3. The molecule has 21 heavy (non-hydrogen) atoms. The van der Waals surface area contributed by atoms with Crippen LogP contribution in [0.25, 0.3) is 11.5 Å². The van der Waals surface area contributed by atoms with E-state index >= 15 is 0 Å². The van der Waals surface area contributed by atoms with Crippen LogP contribution in [0.1, 0.15) is 10.7 Å². The summed E-state index contributed by atoms with van der Waals surface area (Å²) in [5.41, 5.74) is 1.43. The summed E-state index contributed by atoms with van der Waals surface area (Å²) in [5.74, 6) is -0.194. The summed E-state index contributed by atoms with van der Waals surface area (Å²) in [6, 6.07) is 16.5. The van der Waals surface area contributed by atoms with Crippen molar-refractivity contribution in [3.05, 3.63) is 65.0 Å². The highest BCUT2D eigenvalue weighted by Crippen LogP contribution is 2.18. The first kappa shape index (κ1) is 13.5. The Morgan fingerprint density at radius 2 is 1.71 bits per heavy atom. The molecule has 0 spiro atoms. The second-order valence-electron chi connectivity index (χ2n) is 4.24. The number of rotatable bonds is 3. The van der Waals surface area contributed by atoms with E-state index in [1.54, 1.807) is 12.1 Å². The molecule has 0 atom stereocenters. The largest absolute Gasteiger partial charge is 0.412 e. The smallest absolute Gasteiger partial charge is 0.313 e. The maximum absolute atomic E-state index is 12.0. The van der Waals surface area contributed by atoms with E-state index in [0.717, 1.165) is 10.0 Å². The Hall–Kier alpha value is -2.47. The van der Waals surface area contributed by atoms with Crippen molar-refractivity contribution in [1.82, 2.24) is 10.2 Å². The standard InChI is InChI=1S/C15H10BrN3O2/c16-11-6-8-12(9-7-11)17-13(20)15-19-18-14(21-15)10-4-2-1-3-5-10/h1-9H,(H,17,20).